The van der Waals surface area contributed by atoms with Gasteiger partial charge in [-0.15, -0.1) is 0 Å². The average molecular weight is 316 g/mol. The van der Waals surface area contributed by atoms with Gasteiger partial charge in [-0.1, -0.05) is 19.9 Å². The van der Waals surface area contributed by atoms with E-state index in [4.69, 9.17) is 9.47 Å². The zero-order valence-corrected chi connectivity index (χ0v) is 13.5. The molecule has 0 bridgehead atoms. The zero-order chi connectivity index (χ0) is 16.8. The van der Waals surface area contributed by atoms with Gasteiger partial charge in [0.15, 0.2) is 0 Å². The average Bonchev–Trinajstić information content (AvgIpc) is 2.51. The van der Waals surface area contributed by atoms with Gasteiger partial charge in [-0.2, -0.15) is 0 Å². The molecule has 0 unspecified atom stereocenters. The molecule has 2 rings (SSSR count). The molecule has 0 saturated carbocycles. The molecule has 1 aromatic heterocycles. The fourth-order valence-corrected chi connectivity index (χ4v) is 2.33. The standard InChI is InChI=1S/C17H20N2O4/c1-12(2)15-7-6-14(11-13(15)3)22-9-10-23-16-5-4-8-18-17(16)19(20)21/h4-8,11-12H,9-10H2,1-3H3. The van der Waals surface area contributed by atoms with Crippen LogP contribution >= 0.6 is 0 Å². The third kappa shape index (κ3) is 4.42. The molecular formula is C17H20N2O4. The number of nitro groups is 1. The van der Waals surface area contributed by atoms with Crippen molar-refractivity contribution in [3.05, 3.63) is 57.8 Å². The topological polar surface area (TPSA) is 74.5 Å². The maximum atomic E-state index is 10.8. The van der Waals surface area contributed by atoms with Crippen LogP contribution in [0.15, 0.2) is 36.5 Å². The van der Waals surface area contributed by atoms with Crippen LogP contribution in [-0.4, -0.2) is 23.1 Å². The van der Waals surface area contributed by atoms with Crippen molar-refractivity contribution in [2.45, 2.75) is 26.7 Å². The first-order valence-corrected chi connectivity index (χ1v) is 7.44. The maximum Gasteiger partial charge on any atom is 0.406 e. The highest BCUT2D eigenvalue weighted by atomic mass is 16.6. The fraction of sp³-hybridized carbons (Fsp3) is 0.353. The number of ether oxygens (including phenoxy) is 2. The molecule has 0 aliphatic heterocycles. The number of aromatic nitrogens is 1. The molecule has 0 amide bonds. The Labute approximate surface area is 135 Å². The summed E-state index contributed by atoms with van der Waals surface area (Å²) in [6.45, 7) is 6.86. The van der Waals surface area contributed by atoms with Crippen molar-refractivity contribution in [1.82, 2.24) is 4.98 Å². The van der Waals surface area contributed by atoms with Crippen LogP contribution in [0.4, 0.5) is 5.82 Å². The van der Waals surface area contributed by atoms with Crippen molar-refractivity contribution in [1.29, 1.82) is 0 Å². The Kier molecular flexibility index (Phi) is 5.51. The molecule has 0 radical (unpaired) electrons. The molecular weight excluding hydrogens is 296 g/mol. The van der Waals surface area contributed by atoms with Gasteiger partial charge in [0.1, 0.15) is 25.2 Å². The van der Waals surface area contributed by atoms with Crippen molar-refractivity contribution in [2.24, 2.45) is 0 Å². The maximum absolute atomic E-state index is 10.8. The number of benzene rings is 1. The van der Waals surface area contributed by atoms with Crippen LogP contribution in [0.5, 0.6) is 11.5 Å². The lowest BCUT2D eigenvalue weighted by Crippen LogP contribution is -2.10. The van der Waals surface area contributed by atoms with Crippen LogP contribution in [0.1, 0.15) is 30.9 Å². The van der Waals surface area contributed by atoms with Crippen molar-refractivity contribution in [2.75, 3.05) is 13.2 Å². The second-order valence-corrected chi connectivity index (χ2v) is 5.45. The lowest BCUT2D eigenvalue weighted by atomic mass is 9.98. The smallest absolute Gasteiger partial charge is 0.406 e. The van der Waals surface area contributed by atoms with Crippen LogP contribution in [0.25, 0.3) is 0 Å². The highest BCUT2D eigenvalue weighted by Crippen LogP contribution is 2.24. The van der Waals surface area contributed by atoms with Gasteiger partial charge in [0.25, 0.3) is 0 Å². The van der Waals surface area contributed by atoms with Crippen LogP contribution in [-0.2, 0) is 0 Å². The van der Waals surface area contributed by atoms with Crippen molar-refractivity contribution < 1.29 is 14.4 Å². The third-order valence-electron chi connectivity index (χ3n) is 3.40. The summed E-state index contributed by atoms with van der Waals surface area (Å²) in [5, 5.41) is 10.8. The Morgan fingerprint density at radius 3 is 2.61 bits per heavy atom. The first kappa shape index (κ1) is 16.7. The molecule has 23 heavy (non-hydrogen) atoms. The first-order chi connectivity index (χ1) is 11.0. The highest BCUT2D eigenvalue weighted by molar-refractivity contribution is 5.38. The minimum atomic E-state index is -0.565. The number of hydrogen-bond acceptors (Lipinski definition) is 5. The summed E-state index contributed by atoms with van der Waals surface area (Å²) in [7, 11) is 0. The van der Waals surface area contributed by atoms with E-state index in [1.54, 1.807) is 6.07 Å². The summed E-state index contributed by atoms with van der Waals surface area (Å²) in [5.74, 6) is 1.09. The number of aryl methyl sites for hydroxylation is 1. The summed E-state index contributed by atoms with van der Waals surface area (Å²) in [6, 6.07) is 9.09. The summed E-state index contributed by atoms with van der Waals surface area (Å²) in [5.41, 5.74) is 2.47. The molecule has 0 spiro atoms. The quantitative estimate of drug-likeness (QED) is 0.440. The third-order valence-corrected chi connectivity index (χ3v) is 3.40. The monoisotopic (exact) mass is 316 g/mol. The Hall–Kier alpha value is -2.63. The number of nitrogens with zero attached hydrogens (tertiary/aromatic N) is 2. The zero-order valence-electron chi connectivity index (χ0n) is 13.5. The van der Waals surface area contributed by atoms with Gasteiger partial charge >= 0.3 is 5.82 Å². The van der Waals surface area contributed by atoms with Gasteiger partial charge in [0.05, 0.1) is 0 Å². The molecule has 0 aliphatic rings. The number of pyridine rings is 1. The highest BCUT2D eigenvalue weighted by Gasteiger charge is 2.15. The normalized spacial score (nSPS) is 10.6. The minimum Gasteiger partial charge on any atom is -0.490 e. The summed E-state index contributed by atoms with van der Waals surface area (Å²) < 4.78 is 11.0. The summed E-state index contributed by atoms with van der Waals surface area (Å²) in [6.07, 6.45) is 1.36. The van der Waals surface area contributed by atoms with E-state index in [1.807, 2.05) is 12.1 Å². The molecule has 2 aromatic rings. The van der Waals surface area contributed by atoms with Gasteiger partial charge in [0, 0.05) is 0 Å². The fourth-order valence-electron chi connectivity index (χ4n) is 2.33. The predicted molar refractivity (Wildman–Crippen MR) is 87.1 cm³/mol. The molecule has 1 aromatic carbocycles. The lowest BCUT2D eigenvalue weighted by molar-refractivity contribution is -0.390. The molecule has 0 fully saturated rings. The molecule has 1 heterocycles. The van der Waals surface area contributed by atoms with E-state index in [0.717, 1.165) is 5.75 Å². The van der Waals surface area contributed by atoms with Gasteiger partial charge < -0.3 is 19.6 Å². The Morgan fingerprint density at radius 1 is 1.22 bits per heavy atom. The predicted octanol–water partition coefficient (Wildman–Crippen LogP) is 3.88. The molecule has 0 aliphatic carbocycles. The Balaban J connectivity index is 1.89. The van der Waals surface area contributed by atoms with E-state index in [2.05, 4.69) is 31.8 Å². The Morgan fingerprint density at radius 2 is 1.96 bits per heavy atom. The lowest BCUT2D eigenvalue weighted by Gasteiger charge is -2.12. The Bertz CT molecular complexity index is 686. The second-order valence-electron chi connectivity index (χ2n) is 5.45. The summed E-state index contributed by atoms with van der Waals surface area (Å²) in [4.78, 5) is 14.0. The molecule has 0 N–H and O–H groups in total. The van der Waals surface area contributed by atoms with Crippen molar-refractivity contribution >= 4 is 5.82 Å². The van der Waals surface area contributed by atoms with Gasteiger partial charge in [-0.3, -0.25) is 0 Å². The largest absolute Gasteiger partial charge is 0.490 e. The SMILES string of the molecule is Cc1cc(OCCOc2cccnc2[N+](=O)[O-])ccc1C(C)C. The van der Waals surface area contributed by atoms with E-state index in [9.17, 15) is 10.1 Å². The van der Waals surface area contributed by atoms with E-state index < -0.39 is 4.92 Å². The molecule has 0 saturated heterocycles. The molecule has 6 heteroatoms. The van der Waals surface area contributed by atoms with Crippen LogP contribution in [0, 0.1) is 17.0 Å². The van der Waals surface area contributed by atoms with Gasteiger partial charge in [-0.25, -0.2) is 0 Å². The second kappa shape index (κ2) is 7.58. The number of hydrogen-bond donors (Lipinski definition) is 0. The molecule has 0 atom stereocenters. The number of rotatable bonds is 7. The van der Waals surface area contributed by atoms with E-state index >= 15 is 0 Å². The summed E-state index contributed by atoms with van der Waals surface area (Å²) >= 11 is 0. The van der Waals surface area contributed by atoms with E-state index in [-0.39, 0.29) is 18.2 Å². The van der Waals surface area contributed by atoms with E-state index in [1.165, 1.54) is 23.4 Å². The van der Waals surface area contributed by atoms with Crippen molar-refractivity contribution in [3.8, 4) is 11.5 Å². The van der Waals surface area contributed by atoms with Gasteiger partial charge in [-0.05, 0) is 58.1 Å². The first-order valence-electron chi connectivity index (χ1n) is 7.44. The molecule has 6 nitrogen and oxygen atoms in total. The van der Waals surface area contributed by atoms with Crippen molar-refractivity contribution in [3.63, 3.8) is 0 Å². The van der Waals surface area contributed by atoms with Gasteiger partial charge in [0.2, 0.25) is 5.75 Å². The van der Waals surface area contributed by atoms with Crippen LogP contribution in [0.2, 0.25) is 0 Å². The van der Waals surface area contributed by atoms with Crippen LogP contribution in [0.3, 0.4) is 0 Å². The van der Waals surface area contributed by atoms with Crippen LogP contribution < -0.4 is 9.47 Å². The van der Waals surface area contributed by atoms with E-state index in [0.29, 0.717) is 12.5 Å². The minimum absolute atomic E-state index is 0.146. The molecule has 122 valence electrons.